The summed E-state index contributed by atoms with van der Waals surface area (Å²) in [6, 6.07) is 9.37. The average molecular weight is 429 g/mol. The van der Waals surface area contributed by atoms with Gasteiger partial charge in [0.25, 0.3) is 5.91 Å². The Hall–Kier alpha value is -3.32. The highest BCUT2D eigenvalue weighted by atomic mass is 35.5. The minimum Gasteiger partial charge on any atom is -0.493 e. The van der Waals surface area contributed by atoms with E-state index in [4.69, 9.17) is 26.2 Å². The van der Waals surface area contributed by atoms with Crippen LogP contribution in [-0.2, 0) is 4.79 Å². The maximum atomic E-state index is 12.9. The first-order valence-electron chi connectivity index (χ1n) is 9.20. The number of hydrazone groups is 1. The summed E-state index contributed by atoms with van der Waals surface area (Å²) in [5.41, 5.74) is 2.19. The van der Waals surface area contributed by atoms with E-state index in [1.807, 2.05) is 13.8 Å². The van der Waals surface area contributed by atoms with Crippen molar-refractivity contribution in [3.05, 3.63) is 58.1 Å². The lowest BCUT2D eigenvalue weighted by atomic mass is 10.1. The smallest absolute Gasteiger partial charge is 0.335 e. The van der Waals surface area contributed by atoms with E-state index in [1.165, 1.54) is 24.3 Å². The van der Waals surface area contributed by atoms with Gasteiger partial charge in [0.15, 0.2) is 11.5 Å². The molecule has 1 N–H and O–H groups in total. The topological polar surface area (TPSA) is 88.4 Å². The highest BCUT2D eigenvalue weighted by Gasteiger charge is 2.29. The molecule has 0 aromatic heterocycles. The van der Waals surface area contributed by atoms with Crippen LogP contribution in [0.15, 0.2) is 47.1 Å². The molecule has 0 bridgehead atoms. The molecule has 0 saturated carbocycles. The van der Waals surface area contributed by atoms with Gasteiger partial charge in [-0.15, -0.1) is 0 Å². The quantitative estimate of drug-likeness (QED) is 0.677. The first-order valence-corrected chi connectivity index (χ1v) is 9.58. The summed E-state index contributed by atoms with van der Waals surface area (Å²) in [4.78, 5) is 23.9. The minimum absolute atomic E-state index is 0.0764. The molecule has 1 aliphatic heterocycles. The van der Waals surface area contributed by atoms with Crippen LogP contribution in [0, 0.1) is 0 Å². The number of carboxylic acid groups (broad SMARTS) is 1. The third kappa shape index (κ3) is 4.31. The third-order valence-corrected chi connectivity index (χ3v) is 4.62. The summed E-state index contributed by atoms with van der Waals surface area (Å²) < 4.78 is 11.1. The van der Waals surface area contributed by atoms with Crippen LogP contribution in [0.25, 0.3) is 6.08 Å². The van der Waals surface area contributed by atoms with Crippen molar-refractivity contribution in [1.82, 2.24) is 0 Å². The fraction of sp³-hybridized carbons (Fsp3) is 0.227. The van der Waals surface area contributed by atoms with Gasteiger partial charge in [-0.1, -0.05) is 11.6 Å². The Morgan fingerprint density at radius 1 is 1.23 bits per heavy atom. The minimum atomic E-state index is -1.04. The van der Waals surface area contributed by atoms with E-state index in [1.54, 1.807) is 37.3 Å². The van der Waals surface area contributed by atoms with E-state index in [0.717, 1.165) is 0 Å². The number of methoxy groups -OCH3 is 1. The van der Waals surface area contributed by atoms with Crippen molar-refractivity contribution >= 4 is 41.0 Å². The Bertz CT molecular complexity index is 1060. The van der Waals surface area contributed by atoms with Gasteiger partial charge < -0.3 is 14.6 Å². The Morgan fingerprint density at radius 3 is 2.47 bits per heavy atom. The Labute approximate surface area is 179 Å². The lowest BCUT2D eigenvalue weighted by Crippen LogP contribution is -2.21. The molecular formula is C22H21ClN2O5. The fourth-order valence-corrected chi connectivity index (χ4v) is 3.21. The highest BCUT2D eigenvalue weighted by molar-refractivity contribution is 6.33. The van der Waals surface area contributed by atoms with Crippen LogP contribution in [0.2, 0.25) is 5.02 Å². The van der Waals surface area contributed by atoms with Crippen molar-refractivity contribution < 1.29 is 24.2 Å². The van der Waals surface area contributed by atoms with Crippen LogP contribution in [0.3, 0.4) is 0 Å². The van der Waals surface area contributed by atoms with Crippen LogP contribution in [0.4, 0.5) is 5.69 Å². The lowest BCUT2D eigenvalue weighted by Gasteiger charge is -2.16. The van der Waals surface area contributed by atoms with E-state index < -0.39 is 5.97 Å². The molecule has 8 heteroatoms. The van der Waals surface area contributed by atoms with Crippen LogP contribution < -0.4 is 14.5 Å². The summed E-state index contributed by atoms with van der Waals surface area (Å²) in [7, 11) is 1.52. The standard InChI is InChI=1S/C22H21ClN2O5/c1-12(2)30-20-18(23)10-14(11-19(20)29-4)9-17-13(3)24-25(21(17)26)16-7-5-15(6-8-16)22(27)28/h5-12H,1-4H3,(H,27,28)/b17-9-. The molecule has 1 heterocycles. The number of carbonyl (C=O) groups is 2. The van der Waals surface area contributed by atoms with Gasteiger partial charge in [-0.2, -0.15) is 10.1 Å². The molecule has 0 radical (unpaired) electrons. The molecule has 3 rings (SSSR count). The van der Waals surface area contributed by atoms with Crippen LogP contribution in [0.1, 0.15) is 36.7 Å². The summed E-state index contributed by atoms with van der Waals surface area (Å²) in [5.74, 6) is -0.456. The zero-order valence-corrected chi connectivity index (χ0v) is 17.7. The summed E-state index contributed by atoms with van der Waals surface area (Å²) in [6.45, 7) is 5.50. The zero-order valence-electron chi connectivity index (χ0n) is 17.0. The SMILES string of the molecule is COc1cc(/C=C2\C(=O)N(c3ccc(C(=O)O)cc3)N=C2C)cc(Cl)c1OC(C)C. The van der Waals surface area contributed by atoms with Gasteiger partial charge in [-0.3, -0.25) is 4.79 Å². The summed E-state index contributed by atoms with van der Waals surface area (Å²) >= 11 is 6.37. The van der Waals surface area contributed by atoms with Crippen molar-refractivity contribution in [2.45, 2.75) is 26.9 Å². The van der Waals surface area contributed by atoms with Gasteiger partial charge in [0.1, 0.15) is 0 Å². The van der Waals surface area contributed by atoms with Crippen molar-refractivity contribution in [2.75, 3.05) is 12.1 Å². The van der Waals surface area contributed by atoms with Gasteiger partial charge in [0, 0.05) is 0 Å². The molecule has 2 aromatic carbocycles. The Morgan fingerprint density at radius 2 is 1.90 bits per heavy atom. The molecule has 7 nitrogen and oxygen atoms in total. The van der Waals surface area contributed by atoms with E-state index in [2.05, 4.69) is 5.10 Å². The number of rotatable bonds is 6. The number of carboxylic acids is 1. The highest BCUT2D eigenvalue weighted by Crippen LogP contribution is 2.38. The molecule has 0 saturated heterocycles. The second kappa shape index (κ2) is 8.59. The zero-order chi connectivity index (χ0) is 22.0. The molecule has 1 aliphatic rings. The van der Waals surface area contributed by atoms with Crippen molar-refractivity contribution in [3.8, 4) is 11.5 Å². The van der Waals surface area contributed by atoms with Crippen molar-refractivity contribution in [1.29, 1.82) is 0 Å². The monoisotopic (exact) mass is 428 g/mol. The van der Waals surface area contributed by atoms with Crippen LogP contribution >= 0.6 is 11.6 Å². The maximum Gasteiger partial charge on any atom is 0.335 e. The largest absolute Gasteiger partial charge is 0.493 e. The number of halogens is 1. The number of amides is 1. The second-order valence-electron chi connectivity index (χ2n) is 6.91. The van der Waals surface area contributed by atoms with E-state index in [-0.39, 0.29) is 17.6 Å². The van der Waals surface area contributed by atoms with Crippen molar-refractivity contribution in [3.63, 3.8) is 0 Å². The third-order valence-electron chi connectivity index (χ3n) is 4.34. The Kier molecular flexibility index (Phi) is 6.12. The number of carbonyl (C=O) groups excluding carboxylic acids is 1. The van der Waals surface area contributed by atoms with Crippen LogP contribution in [0.5, 0.6) is 11.5 Å². The number of benzene rings is 2. The second-order valence-corrected chi connectivity index (χ2v) is 7.32. The normalized spacial score (nSPS) is 15.0. The Balaban J connectivity index is 1.93. The van der Waals surface area contributed by atoms with Gasteiger partial charge >= 0.3 is 5.97 Å². The number of aromatic carboxylic acids is 1. The average Bonchev–Trinajstić information content (AvgIpc) is 2.97. The molecule has 0 aliphatic carbocycles. The molecule has 0 atom stereocenters. The lowest BCUT2D eigenvalue weighted by molar-refractivity contribution is -0.114. The number of hydrogen-bond acceptors (Lipinski definition) is 5. The maximum absolute atomic E-state index is 12.9. The van der Waals surface area contributed by atoms with Gasteiger partial charge in [-0.05, 0) is 68.8 Å². The number of anilines is 1. The predicted octanol–water partition coefficient (Wildman–Crippen LogP) is 4.64. The molecule has 1 amide bonds. The molecule has 2 aromatic rings. The van der Waals surface area contributed by atoms with Gasteiger partial charge in [0.05, 0.1) is 40.8 Å². The molecular weight excluding hydrogens is 408 g/mol. The number of hydrogen-bond donors (Lipinski definition) is 1. The summed E-state index contributed by atoms with van der Waals surface area (Å²) in [6.07, 6.45) is 1.60. The molecule has 0 unspecified atom stereocenters. The number of nitrogens with zero attached hydrogens (tertiary/aromatic N) is 2. The summed E-state index contributed by atoms with van der Waals surface area (Å²) in [5, 5.41) is 14.9. The molecule has 0 spiro atoms. The molecule has 0 fully saturated rings. The van der Waals surface area contributed by atoms with E-state index in [9.17, 15) is 9.59 Å². The van der Waals surface area contributed by atoms with E-state index >= 15 is 0 Å². The fourth-order valence-electron chi connectivity index (χ4n) is 2.94. The van der Waals surface area contributed by atoms with Crippen molar-refractivity contribution in [2.24, 2.45) is 5.10 Å². The molecule has 30 heavy (non-hydrogen) atoms. The molecule has 156 valence electrons. The number of ether oxygens (including phenoxy) is 2. The van der Waals surface area contributed by atoms with Gasteiger partial charge in [0.2, 0.25) is 0 Å². The van der Waals surface area contributed by atoms with E-state index in [0.29, 0.717) is 39.1 Å². The predicted molar refractivity (Wildman–Crippen MR) is 116 cm³/mol. The van der Waals surface area contributed by atoms with Crippen LogP contribution in [-0.4, -0.2) is 35.9 Å². The first-order chi connectivity index (χ1) is 14.2. The first kappa shape index (κ1) is 21.4. The van der Waals surface area contributed by atoms with Gasteiger partial charge in [-0.25, -0.2) is 4.79 Å².